The van der Waals surface area contributed by atoms with Gasteiger partial charge in [0.2, 0.25) is 0 Å². The molecule has 1 aliphatic heterocycles. The van der Waals surface area contributed by atoms with Crippen LogP contribution in [0.5, 0.6) is 11.5 Å². The van der Waals surface area contributed by atoms with Crippen LogP contribution in [0.15, 0.2) is 29.6 Å². The Morgan fingerprint density at radius 1 is 1.19 bits per heavy atom. The summed E-state index contributed by atoms with van der Waals surface area (Å²) in [6, 6.07) is 8.68. The topological polar surface area (TPSA) is 30.5 Å². The molecule has 1 aliphatic rings. The second kappa shape index (κ2) is 6.50. The molecule has 3 rings (SSSR count). The fraction of sp³-hybridized carbons (Fsp3) is 0.412. The number of hydrogen-bond acceptors (Lipinski definition) is 4. The lowest BCUT2D eigenvalue weighted by molar-refractivity contribution is 0.297. The molecule has 2 aromatic rings. The van der Waals surface area contributed by atoms with E-state index < -0.39 is 0 Å². The number of fused-ring (bicyclic) bond motifs is 1. The lowest BCUT2D eigenvalue weighted by Gasteiger charge is -2.16. The third kappa shape index (κ3) is 3.39. The first-order valence-electron chi connectivity index (χ1n) is 7.40. The molecule has 112 valence electrons. The molecule has 1 atom stereocenters. The minimum atomic E-state index is 0.281. The van der Waals surface area contributed by atoms with Crippen LogP contribution >= 0.6 is 11.3 Å². The Morgan fingerprint density at radius 3 is 2.76 bits per heavy atom. The van der Waals surface area contributed by atoms with Gasteiger partial charge in [0.1, 0.15) is 0 Å². The first kappa shape index (κ1) is 14.4. The molecular formula is C17H21NO2S. The highest BCUT2D eigenvalue weighted by molar-refractivity contribution is 7.10. The SMILES string of the molecule is Cc1ccsc1CNC(C)c1ccc2c(c1)OCCCO2. The lowest BCUT2D eigenvalue weighted by Crippen LogP contribution is -2.18. The van der Waals surface area contributed by atoms with Crippen molar-refractivity contribution < 1.29 is 9.47 Å². The molecule has 1 aromatic carbocycles. The average molecular weight is 303 g/mol. The summed E-state index contributed by atoms with van der Waals surface area (Å²) in [5, 5.41) is 5.72. The number of aryl methyl sites for hydroxylation is 1. The van der Waals surface area contributed by atoms with E-state index in [2.05, 4.69) is 42.7 Å². The normalized spacial score (nSPS) is 15.5. The van der Waals surface area contributed by atoms with Gasteiger partial charge in [-0.1, -0.05) is 6.07 Å². The molecule has 1 N–H and O–H groups in total. The van der Waals surface area contributed by atoms with Crippen LogP contribution in [0.3, 0.4) is 0 Å². The number of rotatable bonds is 4. The molecule has 3 nitrogen and oxygen atoms in total. The Labute approximate surface area is 129 Å². The summed E-state index contributed by atoms with van der Waals surface area (Å²) in [5.74, 6) is 1.73. The Morgan fingerprint density at radius 2 is 2.00 bits per heavy atom. The molecule has 0 radical (unpaired) electrons. The average Bonchev–Trinajstić information content (AvgIpc) is 2.76. The predicted molar refractivity (Wildman–Crippen MR) is 86.4 cm³/mol. The van der Waals surface area contributed by atoms with Crippen LogP contribution in [0.1, 0.15) is 35.4 Å². The second-order valence-corrected chi connectivity index (χ2v) is 6.39. The quantitative estimate of drug-likeness (QED) is 0.923. The number of ether oxygens (including phenoxy) is 2. The standard InChI is InChI=1S/C17H21NO2S/c1-12-6-9-21-17(12)11-18-13(2)14-4-5-15-16(10-14)20-8-3-7-19-15/h4-6,9-10,13,18H,3,7-8,11H2,1-2H3. The number of hydrogen-bond donors (Lipinski definition) is 1. The fourth-order valence-corrected chi connectivity index (χ4v) is 3.26. The predicted octanol–water partition coefficient (Wildman–Crippen LogP) is 4.07. The fourth-order valence-electron chi connectivity index (χ4n) is 2.40. The zero-order valence-electron chi connectivity index (χ0n) is 12.5. The maximum atomic E-state index is 5.76. The van der Waals surface area contributed by atoms with Crippen LogP contribution in [0.4, 0.5) is 0 Å². The van der Waals surface area contributed by atoms with E-state index in [4.69, 9.17) is 9.47 Å². The van der Waals surface area contributed by atoms with E-state index in [0.717, 1.165) is 37.7 Å². The summed E-state index contributed by atoms with van der Waals surface area (Å²) in [6.45, 7) is 6.71. The van der Waals surface area contributed by atoms with Crippen LogP contribution in [0.25, 0.3) is 0 Å². The van der Waals surface area contributed by atoms with Gasteiger partial charge in [-0.05, 0) is 48.6 Å². The Kier molecular flexibility index (Phi) is 4.46. The molecule has 4 heteroatoms. The van der Waals surface area contributed by atoms with Crippen LogP contribution < -0.4 is 14.8 Å². The van der Waals surface area contributed by atoms with E-state index >= 15 is 0 Å². The molecule has 21 heavy (non-hydrogen) atoms. The first-order chi connectivity index (χ1) is 10.2. The minimum Gasteiger partial charge on any atom is -0.490 e. The molecule has 1 unspecified atom stereocenters. The van der Waals surface area contributed by atoms with Gasteiger partial charge in [0.15, 0.2) is 11.5 Å². The summed E-state index contributed by atoms with van der Waals surface area (Å²) in [5.41, 5.74) is 2.59. The summed E-state index contributed by atoms with van der Waals surface area (Å²) in [6.07, 6.45) is 0.940. The van der Waals surface area contributed by atoms with Crippen LogP contribution in [-0.4, -0.2) is 13.2 Å². The molecular weight excluding hydrogens is 282 g/mol. The molecule has 0 bridgehead atoms. The molecule has 0 saturated heterocycles. The highest BCUT2D eigenvalue weighted by Crippen LogP contribution is 2.32. The van der Waals surface area contributed by atoms with E-state index in [1.54, 1.807) is 11.3 Å². The van der Waals surface area contributed by atoms with Gasteiger partial charge >= 0.3 is 0 Å². The van der Waals surface area contributed by atoms with Gasteiger partial charge in [0.25, 0.3) is 0 Å². The Balaban J connectivity index is 1.68. The van der Waals surface area contributed by atoms with E-state index in [0.29, 0.717) is 0 Å². The van der Waals surface area contributed by atoms with Gasteiger partial charge in [0.05, 0.1) is 13.2 Å². The van der Waals surface area contributed by atoms with E-state index in [1.807, 2.05) is 6.07 Å². The molecule has 0 amide bonds. The smallest absolute Gasteiger partial charge is 0.161 e. The summed E-state index contributed by atoms with van der Waals surface area (Å²) < 4.78 is 11.4. The maximum absolute atomic E-state index is 5.76. The summed E-state index contributed by atoms with van der Waals surface area (Å²) in [4.78, 5) is 1.40. The third-order valence-corrected chi connectivity index (χ3v) is 4.83. The number of nitrogens with one attached hydrogen (secondary N) is 1. The van der Waals surface area contributed by atoms with Crippen molar-refractivity contribution in [2.75, 3.05) is 13.2 Å². The maximum Gasteiger partial charge on any atom is 0.161 e. The molecule has 2 heterocycles. The van der Waals surface area contributed by atoms with Crippen LogP contribution in [0, 0.1) is 6.92 Å². The van der Waals surface area contributed by atoms with Crippen LogP contribution in [0.2, 0.25) is 0 Å². The first-order valence-corrected chi connectivity index (χ1v) is 8.28. The highest BCUT2D eigenvalue weighted by Gasteiger charge is 2.13. The Hall–Kier alpha value is -1.52. The van der Waals surface area contributed by atoms with Gasteiger partial charge in [-0.15, -0.1) is 11.3 Å². The number of benzene rings is 1. The second-order valence-electron chi connectivity index (χ2n) is 5.39. The van der Waals surface area contributed by atoms with Crippen molar-refractivity contribution in [1.82, 2.24) is 5.32 Å². The molecule has 0 fully saturated rings. The minimum absolute atomic E-state index is 0.281. The van der Waals surface area contributed by atoms with Crippen molar-refractivity contribution in [2.45, 2.75) is 32.9 Å². The van der Waals surface area contributed by atoms with Gasteiger partial charge in [-0.2, -0.15) is 0 Å². The zero-order valence-corrected chi connectivity index (χ0v) is 13.3. The highest BCUT2D eigenvalue weighted by atomic mass is 32.1. The van der Waals surface area contributed by atoms with Crippen molar-refractivity contribution in [3.05, 3.63) is 45.6 Å². The van der Waals surface area contributed by atoms with Crippen molar-refractivity contribution in [3.63, 3.8) is 0 Å². The van der Waals surface area contributed by atoms with Crippen molar-refractivity contribution in [3.8, 4) is 11.5 Å². The van der Waals surface area contributed by atoms with Crippen molar-refractivity contribution >= 4 is 11.3 Å². The summed E-state index contributed by atoms with van der Waals surface area (Å²) in [7, 11) is 0. The number of thiophene rings is 1. The molecule has 1 aromatic heterocycles. The van der Waals surface area contributed by atoms with Gasteiger partial charge in [-0.25, -0.2) is 0 Å². The molecule has 0 saturated carbocycles. The van der Waals surface area contributed by atoms with E-state index in [1.165, 1.54) is 16.0 Å². The van der Waals surface area contributed by atoms with Gasteiger partial charge < -0.3 is 14.8 Å². The molecule has 0 spiro atoms. The summed E-state index contributed by atoms with van der Waals surface area (Å²) >= 11 is 1.81. The third-order valence-electron chi connectivity index (χ3n) is 3.81. The molecule has 0 aliphatic carbocycles. The monoisotopic (exact) mass is 303 g/mol. The van der Waals surface area contributed by atoms with Gasteiger partial charge in [-0.3, -0.25) is 0 Å². The zero-order chi connectivity index (χ0) is 14.7. The van der Waals surface area contributed by atoms with Gasteiger partial charge in [0, 0.05) is 23.9 Å². The van der Waals surface area contributed by atoms with Crippen molar-refractivity contribution in [2.24, 2.45) is 0 Å². The Bertz CT molecular complexity index is 609. The van der Waals surface area contributed by atoms with E-state index in [9.17, 15) is 0 Å². The lowest BCUT2D eigenvalue weighted by atomic mass is 10.1. The van der Waals surface area contributed by atoms with E-state index in [-0.39, 0.29) is 6.04 Å². The van der Waals surface area contributed by atoms with Crippen LogP contribution in [-0.2, 0) is 6.54 Å². The van der Waals surface area contributed by atoms with Crippen molar-refractivity contribution in [1.29, 1.82) is 0 Å². The largest absolute Gasteiger partial charge is 0.490 e.